The Morgan fingerprint density at radius 3 is 2.43 bits per heavy atom. The molecule has 3 rings (SSSR count). The van der Waals surface area contributed by atoms with Gasteiger partial charge in [0.05, 0.1) is 33.7 Å². The molecule has 2 N–H and O–H groups in total. The summed E-state index contributed by atoms with van der Waals surface area (Å²) in [6.45, 7) is 1.20. The molecule has 1 aliphatic rings. The maximum Gasteiger partial charge on any atom is 0.289 e. The summed E-state index contributed by atoms with van der Waals surface area (Å²) >= 11 is 17.2. The Morgan fingerprint density at radius 2 is 1.77 bits per heavy atom. The molecule has 1 fully saturated rings. The first kappa shape index (κ1) is 22.7. The second kappa shape index (κ2) is 9.41. The molecule has 2 aromatic carbocycles. The lowest BCUT2D eigenvalue weighted by atomic mass is 10.3. The third-order valence-electron chi connectivity index (χ3n) is 4.19. The number of nitro groups is 1. The van der Waals surface area contributed by atoms with Crippen molar-refractivity contribution in [3.8, 4) is 0 Å². The van der Waals surface area contributed by atoms with Gasteiger partial charge in [0.25, 0.3) is 5.69 Å². The van der Waals surface area contributed by atoms with Crippen LogP contribution in [0, 0.1) is 10.1 Å². The lowest BCUT2D eigenvalue weighted by molar-refractivity contribution is -0.384. The molecular weight excluding hydrogens is 475 g/mol. The van der Waals surface area contributed by atoms with Crippen molar-refractivity contribution in [2.24, 2.45) is 0 Å². The van der Waals surface area contributed by atoms with Gasteiger partial charge in [0.15, 0.2) is 5.11 Å². The number of benzene rings is 2. The zero-order chi connectivity index (χ0) is 21.9. The van der Waals surface area contributed by atoms with Gasteiger partial charge in [0.2, 0.25) is 10.0 Å². The first-order chi connectivity index (χ1) is 14.2. The Labute approximate surface area is 188 Å². The molecule has 0 radical (unpaired) electrons. The van der Waals surface area contributed by atoms with Crippen LogP contribution in [-0.4, -0.2) is 49.1 Å². The zero-order valence-electron chi connectivity index (χ0n) is 15.3. The van der Waals surface area contributed by atoms with Crippen LogP contribution in [0.25, 0.3) is 0 Å². The number of anilines is 2. The Kier molecular flexibility index (Phi) is 7.11. The topological polar surface area (TPSA) is 114 Å². The highest BCUT2D eigenvalue weighted by molar-refractivity contribution is 7.89. The molecule has 0 aromatic heterocycles. The Hall–Kier alpha value is -2.02. The number of morpholine rings is 1. The van der Waals surface area contributed by atoms with E-state index < -0.39 is 14.9 Å². The predicted molar refractivity (Wildman–Crippen MR) is 119 cm³/mol. The van der Waals surface area contributed by atoms with E-state index in [1.54, 1.807) is 0 Å². The molecule has 0 aliphatic carbocycles. The fourth-order valence-corrected chi connectivity index (χ4v) is 4.73. The van der Waals surface area contributed by atoms with Crippen molar-refractivity contribution in [2.75, 3.05) is 36.9 Å². The summed E-state index contributed by atoms with van der Waals surface area (Å²) in [6.07, 6.45) is 0. The van der Waals surface area contributed by atoms with E-state index in [-0.39, 0.29) is 44.5 Å². The third kappa shape index (κ3) is 5.17. The van der Waals surface area contributed by atoms with Crippen molar-refractivity contribution in [3.05, 3.63) is 56.6 Å². The average Bonchev–Trinajstić information content (AvgIpc) is 2.71. The second-order valence-electron chi connectivity index (χ2n) is 6.16. The number of thiocarbonyl (C=S) groups is 1. The van der Waals surface area contributed by atoms with Crippen LogP contribution < -0.4 is 10.6 Å². The molecule has 9 nitrogen and oxygen atoms in total. The number of nitrogens with one attached hydrogen (secondary N) is 2. The quantitative estimate of drug-likeness (QED) is 0.370. The average molecular weight is 491 g/mol. The van der Waals surface area contributed by atoms with Crippen LogP contribution in [0.4, 0.5) is 17.1 Å². The molecule has 1 heterocycles. The van der Waals surface area contributed by atoms with Crippen LogP contribution >= 0.6 is 35.4 Å². The van der Waals surface area contributed by atoms with Gasteiger partial charge >= 0.3 is 0 Å². The minimum Gasteiger partial charge on any atom is -0.379 e. The van der Waals surface area contributed by atoms with E-state index in [1.807, 2.05) is 0 Å². The molecule has 0 bridgehead atoms. The van der Waals surface area contributed by atoms with Crippen molar-refractivity contribution in [1.82, 2.24) is 4.31 Å². The number of sulfonamides is 1. The van der Waals surface area contributed by atoms with Gasteiger partial charge in [-0.05, 0) is 42.5 Å². The summed E-state index contributed by atoms with van der Waals surface area (Å²) in [5.41, 5.74) is 0.324. The van der Waals surface area contributed by atoms with Crippen molar-refractivity contribution >= 4 is 67.6 Å². The van der Waals surface area contributed by atoms with Crippen LogP contribution in [0.1, 0.15) is 0 Å². The second-order valence-corrected chi connectivity index (χ2v) is 9.32. The summed E-state index contributed by atoms with van der Waals surface area (Å²) in [4.78, 5) is 10.5. The maximum absolute atomic E-state index is 12.8. The fourth-order valence-electron chi connectivity index (χ4n) is 2.71. The van der Waals surface area contributed by atoms with E-state index in [0.717, 1.165) is 0 Å². The van der Waals surface area contributed by atoms with Gasteiger partial charge in [0.1, 0.15) is 5.02 Å². The normalized spacial score (nSPS) is 14.9. The molecular formula is C17H16Cl2N4O5S2. The monoisotopic (exact) mass is 490 g/mol. The molecule has 0 amide bonds. The summed E-state index contributed by atoms with van der Waals surface area (Å²) < 4.78 is 32.2. The van der Waals surface area contributed by atoms with Crippen LogP contribution in [0.2, 0.25) is 10.0 Å². The summed E-state index contributed by atoms with van der Waals surface area (Å²) in [5, 5.41) is 16.9. The summed E-state index contributed by atoms with van der Waals surface area (Å²) in [7, 11) is -3.71. The maximum atomic E-state index is 12.8. The number of rotatable bonds is 5. The molecule has 0 saturated carbocycles. The van der Waals surface area contributed by atoms with Gasteiger partial charge in [-0.2, -0.15) is 4.31 Å². The minimum absolute atomic E-state index is 0.00603. The van der Waals surface area contributed by atoms with E-state index >= 15 is 0 Å². The molecule has 160 valence electrons. The first-order valence-corrected chi connectivity index (χ1v) is 11.2. The highest BCUT2D eigenvalue weighted by atomic mass is 35.5. The third-order valence-corrected chi connectivity index (χ3v) is 6.94. The molecule has 0 atom stereocenters. The van der Waals surface area contributed by atoms with Crippen LogP contribution in [-0.2, 0) is 14.8 Å². The van der Waals surface area contributed by atoms with Crippen molar-refractivity contribution in [3.63, 3.8) is 0 Å². The molecule has 0 unspecified atom stereocenters. The number of ether oxygens (including phenoxy) is 1. The van der Waals surface area contributed by atoms with Crippen molar-refractivity contribution < 1.29 is 18.1 Å². The molecule has 1 aliphatic heterocycles. The Balaban J connectivity index is 1.78. The summed E-state index contributed by atoms with van der Waals surface area (Å²) in [5.74, 6) is 0. The van der Waals surface area contributed by atoms with E-state index in [0.29, 0.717) is 18.9 Å². The van der Waals surface area contributed by atoms with E-state index in [9.17, 15) is 18.5 Å². The highest BCUT2D eigenvalue weighted by Crippen LogP contribution is 2.29. The summed E-state index contributed by atoms with van der Waals surface area (Å²) in [6, 6.07) is 8.37. The predicted octanol–water partition coefficient (Wildman–Crippen LogP) is 3.73. The molecule has 30 heavy (non-hydrogen) atoms. The Morgan fingerprint density at radius 1 is 1.10 bits per heavy atom. The molecule has 13 heteroatoms. The van der Waals surface area contributed by atoms with Gasteiger partial charge in [-0.3, -0.25) is 10.1 Å². The largest absolute Gasteiger partial charge is 0.379 e. The van der Waals surface area contributed by atoms with Gasteiger partial charge < -0.3 is 15.4 Å². The van der Waals surface area contributed by atoms with E-state index in [4.69, 9.17) is 40.2 Å². The Bertz CT molecular complexity index is 1090. The number of halogens is 2. The molecule has 2 aromatic rings. The number of hydrogen-bond acceptors (Lipinski definition) is 6. The first-order valence-electron chi connectivity index (χ1n) is 8.58. The van der Waals surface area contributed by atoms with Gasteiger partial charge in [0, 0.05) is 24.8 Å². The van der Waals surface area contributed by atoms with E-state index in [1.165, 1.54) is 40.7 Å². The van der Waals surface area contributed by atoms with E-state index in [2.05, 4.69) is 10.6 Å². The molecule has 1 saturated heterocycles. The van der Waals surface area contributed by atoms with Gasteiger partial charge in [-0.15, -0.1) is 0 Å². The van der Waals surface area contributed by atoms with Crippen LogP contribution in [0.15, 0.2) is 41.3 Å². The lowest BCUT2D eigenvalue weighted by Crippen LogP contribution is -2.40. The SMILES string of the molecule is O=[N+]([O-])c1cc(NC(=S)Nc2cc(S(=O)(=O)N3CCOCC3)ccc2Cl)ccc1Cl. The smallest absolute Gasteiger partial charge is 0.289 e. The zero-order valence-corrected chi connectivity index (χ0v) is 18.4. The number of hydrogen-bond donors (Lipinski definition) is 2. The van der Waals surface area contributed by atoms with Gasteiger partial charge in [-0.25, -0.2) is 8.42 Å². The van der Waals surface area contributed by atoms with Crippen LogP contribution in [0.5, 0.6) is 0 Å². The van der Waals surface area contributed by atoms with Crippen LogP contribution in [0.3, 0.4) is 0 Å². The van der Waals surface area contributed by atoms with Crippen molar-refractivity contribution in [2.45, 2.75) is 4.90 Å². The van der Waals surface area contributed by atoms with Gasteiger partial charge in [-0.1, -0.05) is 23.2 Å². The number of nitrogens with zero attached hydrogens (tertiary/aromatic N) is 2. The standard InChI is InChI=1S/C17H16Cl2N4O5S2/c18-13-4-2-12(30(26,27)22-5-7-28-8-6-22)10-15(13)21-17(29)20-11-1-3-14(19)16(9-11)23(24)25/h1-4,9-10H,5-8H2,(H2,20,21,29). The fraction of sp³-hybridized carbons (Fsp3) is 0.235. The lowest BCUT2D eigenvalue weighted by Gasteiger charge is -2.26. The minimum atomic E-state index is -3.71. The molecule has 0 spiro atoms. The van der Waals surface area contributed by atoms with Crippen molar-refractivity contribution in [1.29, 1.82) is 0 Å². The number of nitro benzene ring substituents is 1. The highest BCUT2D eigenvalue weighted by Gasteiger charge is 2.27.